The Morgan fingerprint density at radius 2 is 1.69 bits per heavy atom. The lowest BCUT2D eigenvalue weighted by Gasteiger charge is -2.05. The van der Waals surface area contributed by atoms with Crippen LogP contribution in [-0.2, 0) is 4.79 Å². The molecule has 0 radical (unpaired) electrons. The van der Waals surface area contributed by atoms with E-state index in [0.717, 1.165) is 4.47 Å². The number of ether oxygens (including phenoxy) is 1. The summed E-state index contributed by atoms with van der Waals surface area (Å²) in [5, 5.41) is 6.85. The Bertz CT molecular complexity index is 1150. The van der Waals surface area contributed by atoms with Gasteiger partial charge < -0.3 is 10.1 Å². The number of halogens is 2. The normalized spacial score (nSPS) is 10.6. The molecule has 0 aromatic heterocycles. The number of carbonyl (C=O) groups excluding carboxylic acids is 3. The Morgan fingerprint density at radius 1 is 0.969 bits per heavy atom. The van der Waals surface area contributed by atoms with E-state index in [2.05, 4.69) is 31.8 Å². The van der Waals surface area contributed by atoms with Gasteiger partial charge >= 0.3 is 5.97 Å². The van der Waals surface area contributed by atoms with Crippen LogP contribution in [-0.4, -0.2) is 30.5 Å². The van der Waals surface area contributed by atoms with Crippen LogP contribution >= 0.6 is 27.5 Å². The lowest BCUT2D eigenvalue weighted by Crippen LogP contribution is -2.34. The standard InChI is InChI=1S/C23H17BrClN3O4/c24-18-3-1-2-17(12-18)23(31)32-20-10-4-15(5-11-20)13-27-28-21(29)14-26-22(30)16-6-8-19(25)9-7-16/h1-13H,14H2,(H,26,30)(H,28,29)/b27-13-. The minimum absolute atomic E-state index is 0.233. The van der Waals surface area contributed by atoms with Crippen LogP contribution in [0.1, 0.15) is 26.3 Å². The van der Waals surface area contributed by atoms with Crippen LogP contribution in [0.5, 0.6) is 5.75 Å². The average Bonchev–Trinajstić information content (AvgIpc) is 2.79. The van der Waals surface area contributed by atoms with Crippen LogP contribution in [0.3, 0.4) is 0 Å². The number of hydrogen-bond donors (Lipinski definition) is 2. The van der Waals surface area contributed by atoms with Crippen LogP contribution in [0, 0.1) is 0 Å². The summed E-state index contributed by atoms with van der Waals surface area (Å²) >= 11 is 9.09. The van der Waals surface area contributed by atoms with Crippen molar-refractivity contribution in [2.24, 2.45) is 5.10 Å². The van der Waals surface area contributed by atoms with Crippen LogP contribution in [0.2, 0.25) is 5.02 Å². The highest BCUT2D eigenvalue weighted by Gasteiger charge is 2.09. The van der Waals surface area contributed by atoms with Gasteiger partial charge in [0.25, 0.3) is 11.8 Å². The molecular weight excluding hydrogens is 498 g/mol. The van der Waals surface area contributed by atoms with Gasteiger partial charge in [0.05, 0.1) is 18.3 Å². The third-order valence-electron chi connectivity index (χ3n) is 4.07. The fourth-order valence-electron chi connectivity index (χ4n) is 2.49. The molecule has 3 aromatic carbocycles. The minimum atomic E-state index is -0.483. The maximum atomic E-state index is 12.2. The number of nitrogens with zero attached hydrogens (tertiary/aromatic N) is 1. The van der Waals surface area contributed by atoms with Crippen LogP contribution in [0.15, 0.2) is 82.4 Å². The van der Waals surface area contributed by atoms with E-state index in [0.29, 0.717) is 27.5 Å². The second kappa shape index (κ2) is 11.2. The topological polar surface area (TPSA) is 96.9 Å². The second-order valence-corrected chi connectivity index (χ2v) is 7.80. The summed E-state index contributed by atoms with van der Waals surface area (Å²) in [5.74, 6) is -0.973. The number of amides is 2. The molecule has 0 unspecified atom stereocenters. The van der Waals surface area contributed by atoms with Crippen molar-refractivity contribution >= 4 is 51.5 Å². The zero-order valence-electron chi connectivity index (χ0n) is 16.5. The first-order valence-electron chi connectivity index (χ1n) is 9.34. The number of hydrogen-bond acceptors (Lipinski definition) is 5. The van der Waals surface area contributed by atoms with E-state index in [1.807, 2.05) is 6.07 Å². The maximum Gasteiger partial charge on any atom is 0.343 e. The number of rotatable bonds is 7. The largest absolute Gasteiger partial charge is 0.423 e. The van der Waals surface area contributed by atoms with E-state index in [9.17, 15) is 14.4 Å². The molecule has 2 amide bonds. The number of benzene rings is 3. The first kappa shape index (κ1) is 23.2. The van der Waals surface area contributed by atoms with Crippen molar-refractivity contribution in [2.45, 2.75) is 0 Å². The van der Waals surface area contributed by atoms with E-state index in [1.54, 1.807) is 66.7 Å². The van der Waals surface area contributed by atoms with Crippen molar-refractivity contribution in [3.05, 3.63) is 99.0 Å². The molecule has 3 aromatic rings. The fraction of sp³-hybridized carbons (Fsp3) is 0.0435. The van der Waals surface area contributed by atoms with Gasteiger partial charge in [-0.3, -0.25) is 9.59 Å². The molecule has 7 nitrogen and oxygen atoms in total. The van der Waals surface area contributed by atoms with Gasteiger partial charge in [0.2, 0.25) is 0 Å². The Kier molecular flexibility index (Phi) is 8.13. The Hall–Kier alpha value is -3.49. The SMILES string of the molecule is O=C(CNC(=O)c1ccc(Cl)cc1)N/N=C\c1ccc(OC(=O)c2cccc(Br)c2)cc1. The van der Waals surface area contributed by atoms with Crippen LogP contribution in [0.25, 0.3) is 0 Å². The molecule has 162 valence electrons. The third-order valence-corrected chi connectivity index (χ3v) is 4.81. The Balaban J connectivity index is 1.45. The van der Waals surface area contributed by atoms with Gasteiger partial charge in [0.15, 0.2) is 0 Å². The van der Waals surface area contributed by atoms with Crippen molar-refractivity contribution in [1.82, 2.24) is 10.7 Å². The molecule has 0 heterocycles. The Labute approximate surface area is 197 Å². The lowest BCUT2D eigenvalue weighted by molar-refractivity contribution is -0.120. The average molecular weight is 515 g/mol. The van der Waals surface area contributed by atoms with Gasteiger partial charge in [-0.1, -0.05) is 33.6 Å². The van der Waals surface area contributed by atoms with E-state index < -0.39 is 17.8 Å². The molecule has 9 heteroatoms. The molecular formula is C23H17BrClN3O4. The number of nitrogens with one attached hydrogen (secondary N) is 2. The van der Waals surface area contributed by atoms with Gasteiger partial charge in [-0.05, 0) is 72.3 Å². The van der Waals surface area contributed by atoms with Crippen LogP contribution in [0.4, 0.5) is 0 Å². The molecule has 32 heavy (non-hydrogen) atoms. The molecule has 0 aliphatic rings. The first-order chi connectivity index (χ1) is 15.4. The summed E-state index contributed by atoms with van der Waals surface area (Å²) in [6.45, 7) is -0.233. The first-order valence-corrected chi connectivity index (χ1v) is 10.5. The second-order valence-electron chi connectivity index (χ2n) is 6.45. The molecule has 0 aliphatic heterocycles. The molecule has 0 atom stereocenters. The number of carbonyl (C=O) groups is 3. The smallest absolute Gasteiger partial charge is 0.343 e. The summed E-state index contributed by atoms with van der Waals surface area (Å²) in [6.07, 6.45) is 1.43. The molecule has 0 aliphatic carbocycles. The molecule has 0 bridgehead atoms. The highest BCUT2D eigenvalue weighted by atomic mass is 79.9. The fourth-order valence-corrected chi connectivity index (χ4v) is 3.01. The van der Waals surface area contributed by atoms with Crippen molar-refractivity contribution < 1.29 is 19.1 Å². The van der Waals surface area contributed by atoms with E-state index in [1.165, 1.54) is 6.21 Å². The van der Waals surface area contributed by atoms with E-state index >= 15 is 0 Å². The van der Waals surface area contributed by atoms with Gasteiger partial charge in [-0.2, -0.15) is 5.10 Å². The van der Waals surface area contributed by atoms with Crippen molar-refractivity contribution in [1.29, 1.82) is 0 Å². The highest BCUT2D eigenvalue weighted by molar-refractivity contribution is 9.10. The van der Waals surface area contributed by atoms with Crippen molar-refractivity contribution in [2.75, 3.05) is 6.54 Å². The number of hydrazone groups is 1. The van der Waals surface area contributed by atoms with Gasteiger partial charge in [0, 0.05) is 15.1 Å². The van der Waals surface area contributed by atoms with E-state index in [-0.39, 0.29) is 6.54 Å². The molecule has 0 saturated carbocycles. The number of esters is 1. The predicted molar refractivity (Wildman–Crippen MR) is 125 cm³/mol. The summed E-state index contributed by atoms with van der Waals surface area (Å²) in [4.78, 5) is 36.0. The molecule has 3 rings (SSSR count). The van der Waals surface area contributed by atoms with Gasteiger partial charge in [0.1, 0.15) is 5.75 Å². The predicted octanol–water partition coefficient (Wildman–Crippen LogP) is 4.20. The van der Waals surface area contributed by atoms with Crippen LogP contribution < -0.4 is 15.5 Å². The minimum Gasteiger partial charge on any atom is -0.423 e. The van der Waals surface area contributed by atoms with Gasteiger partial charge in [-0.25, -0.2) is 10.2 Å². The molecule has 0 saturated heterocycles. The quantitative estimate of drug-likeness (QED) is 0.214. The third kappa shape index (κ3) is 7.04. The zero-order chi connectivity index (χ0) is 22.9. The molecule has 0 fully saturated rings. The van der Waals surface area contributed by atoms with E-state index in [4.69, 9.17) is 16.3 Å². The summed E-state index contributed by atoms with van der Waals surface area (Å²) in [5.41, 5.74) is 3.83. The zero-order valence-corrected chi connectivity index (χ0v) is 18.9. The highest BCUT2D eigenvalue weighted by Crippen LogP contribution is 2.16. The summed E-state index contributed by atoms with van der Waals surface area (Å²) in [6, 6.07) is 19.8. The summed E-state index contributed by atoms with van der Waals surface area (Å²) in [7, 11) is 0. The molecule has 0 spiro atoms. The van der Waals surface area contributed by atoms with Gasteiger partial charge in [-0.15, -0.1) is 0 Å². The lowest BCUT2D eigenvalue weighted by atomic mass is 10.2. The monoisotopic (exact) mass is 513 g/mol. The Morgan fingerprint density at radius 3 is 2.38 bits per heavy atom. The maximum absolute atomic E-state index is 12.2. The summed E-state index contributed by atoms with van der Waals surface area (Å²) < 4.78 is 6.11. The van der Waals surface area contributed by atoms with Crippen molar-refractivity contribution in [3.63, 3.8) is 0 Å². The van der Waals surface area contributed by atoms with Crippen molar-refractivity contribution in [3.8, 4) is 5.75 Å². The molecule has 2 N–H and O–H groups in total.